The zero-order chi connectivity index (χ0) is 20.1. The van der Waals surface area contributed by atoms with Crippen LogP contribution in [0.4, 0.5) is 0 Å². The van der Waals surface area contributed by atoms with Crippen LogP contribution in [0.5, 0.6) is 5.75 Å². The first-order valence-corrected chi connectivity index (χ1v) is 10.9. The molecule has 1 saturated heterocycles. The molecular weight excluding hydrogens is 384 g/mol. The molecule has 0 radical (unpaired) electrons. The average Bonchev–Trinajstić information content (AvgIpc) is 3.49. The van der Waals surface area contributed by atoms with E-state index in [2.05, 4.69) is 43.8 Å². The topological polar surface area (TPSA) is 66.2 Å². The molecule has 2 aromatic heterocycles. The fraction of sp³-hybridized carbons (Fsp3) is 0.429. The van der Waals surface area contributed by atoms with E-state index in [1.54, 1.807) is 25.5 Å². The van der Waals surface area contributed by atoms with Gasteiger partial charge in [-0.15, -0.1) is 11.3 Å². The second kappa shape index (κ2) is 9.28. The number of likely N-dealkylation sites (tertiary alicyclic amines) is 1. The number of aliphatic imine (C=N–C) groups is 1. The van der Waals surface area contributed by atoms with E-state index in [0.717, 1.165) is 42.0 Å². The highest BCUT2D eigenvalue weighted by Crippen LogP contribution is 2.26. The van der Waals surface area contributed by atoms with E-state index in [0.29, 0.717) is 12.6 Å². The summed E-state index contributed by atoms with van der Waals surface area (Å²) < 4.78 is 7.36. The number of benzene rings is 1. The summed E-state index contributed by atoms with van der Waals surface area (Å²) in [5.74, 6) is 1.68. The van der Waals surface area contributed by atoms with Gasteiger partial charge >= 0.3 is 0 Å². The Morgan fingerprint density at radius 2 is 2.03 bits per heavy atom. The number of imidazole rings is 1. The number of nitrogens with zero attached hydrogens (tertiary/aromatic N) is 4. The molecule has 0 aliphatic carbocycles. The van der Waals surface area contributed by atoms with E-state index in [9.17, 15) is 0 Å². The molecule has 0 amide bonds. The molecule has 0 saturated carbocycles. The standard InChI is InChI=1S/C21H28N6OS/c1-22-20(23-13-17-15-27-11-12-29-21(27)25-17)24-14-19(26-9-3-4-10-26)16-5-7-18(28-2)8-6-16/h5-8,11-12,15,19H,3-4,9-10,13-14H2,1-2H3,(H2,22,23,24). The summed E-state index contributed by atoms with van der Waals surface area (Å²) in [5.41, 5.74) is 2.30. The Hall–Kier alpha value is -2.58. The minimum Gasteiger partial charge on any atom is -0.497 e. The fourth-order valence-corrected chi connectivity index (χ4v) is 4.51. The van der Waals surface area contributed by atoms with Crippen molar-refractivity contribution in [2.24, 2.45) is 4.99 Å². The largest absolute Gasteiger partial charge is 0.497 e. The van der Waals surface area contributed by atoms with E-state index >= 15 is 0 Å². The normalized spacial score (nSPS) is 16.3. The first kappa shape index (κ1) is 19.7. The van der Waals surface area contributed by atoms with E-state index in [1.807, 2.05) is 28.1 Å². The van der Waals surface area contributed by atoms with Gasteiger partial charge in [-0.05, 0) is 43.6 Å². The third-order valence-corrected chi connectivity index (χ3v) is 6.12. The molecule has 1 aromatic carbocycles. The third kappa shape index (κ3) is 4.71. The highest BCUT2D eigenvalue weighted by Gasteiger charge is 2.23. The van der Waals surface area contributed by atoms with Gasteiger partial charge in [0.15, 0.2) is 10.9 Å². The Balaban J connectivity index is 1.38. The van der Waals surface area contributed by atoms with Crippen molar-refractivity contribution in [2.45, 2.75) is 25.4 Å². The second-order valence-corrected chi connectivity index (χ2v) is 8.04. The summed E-state index contributed by atoms with van der Waals surface area (Å²) in [4.78, 5) is 12.6. The second-order valence-electron chi connectivity index (χ2n) is 7.16. The van der Waals surface area contributed by atoms with E-state index < -0.39 is 0 Å². The first-order valence-electron chi connectivity index (χ1n) is 10.0. The predicted molar refractivity (Wildman–Crippen MR) is 118 cm³/mol. The molecule has 3 aromatic rings. The van der Waals surface area contributed by atoms with E-state index in [4.69, 9.17) is 4.74 Å². The van der Waals surface area contributed by atoms with Gasteiger partial charge in [0.2, 0.25) is 0 Å². The van der Waals surface area contributed by atoms with Gasteiger partial charge in [-0.25, -0.2) is 4.98 Å². The zero-order valence-electron chi connectivity index (χ0n) is 17.0. The zero-order valence-corrected chi connectivity index (χ0v) is 17.8. The monoisotopic (exact) mass is 412 g/mol. The Labute approximate surface area is 175 Å². The highest BCUT2D eigenvalue weighted by atomic mass is 32.1. The van der Waals surface area contributed by atoms with Gasteiger partial charge in [0.1, 0.15) is 5.75 Å². The number of aromatic nitrogens is 2. The average molecular weight is 413 g/mol. The van der Waals surface area contributed by atoms with Crippen LogP contribution in [0.2, 0.25) is 0 Å². The molecule has 0 bridgehead atoms. The molecule has 1 unspecified atom stereocenters. The van der Waals surface area contributed by atoms with Crippen LogP contribution in [-0.4, -0.2) is 54.0 Å². The van der Waals surface area contributed by atoms with Crippen molar-refractivity contribution in [3.63, 3.8) is 0 Å². The van der Waals surface area contributed by atoms with Gasteiger partial charge in [-0.3, -0.25) is 14.3 Å². The summed E-state index contributed by atoms with van der Waals surface area (Å²) >= 11 is 1.64. The first-order chi connectivity index (χ1) is 14.3. The number of methoxy groups -OCH3 is 1. The molecular formula is C21H28N6OS. The van der Waals surface area contributed by atoms with Crippen LogP contribution in [-0.2, 0) is 6.54 Å². The summed E-state index contributed by atoms with van der Waals surface area (Å²) in [5, 5.41) is 8.93. The predicted octanol–water partition coefficient (Wildman–Crippen LogP) is 2.91. The lowest BCUT2D eigenvalue weighted by Gasteiger charge is -2.29. The van der Waals surface area contributed by atoms with Crippen LogP contribution in [0.3, 0.4) is 0 Å². The Bertz CT molecular complexity index is 913. The number of rotatable bonds is 7. The Morgan fingerprint density at radius 1 is 1.24 bits per heavy atom. The number of ether oxygens (including phenoxy) is 1. The summed E-state index contributed by atoms with van der Waals surface area (Å²) in [6.45, 7) is 3.71. The van der Waals surface area contributed by atoms with Gasteiger partial charge in [0.05, 0.1) is 25.4 Å². The van der Waals surface area contributed by atoms with Crippen molar-refractivity contribution >= 4 is 22.3 Å². The van der Waals surface area contributed by atoms with Crippen molar-refractivity contribution < 1.29 is 4.74 Å². The van der Waals surface area contributed by atoms with Gasteiger partial charge in [0, 0.05) is 31.4 Å². The number of fused-ring (bicyclic) bond motifs is 1. The van der Waals surface area contributed by atoms with Crippen LogP contribution >= 0.6 is 11.3 Å². The lowest BCUT2D eigenvalue weighted by atomic mass is 10.1. The third-order valence-electron chi connectivity index (χ3n) is 5.35. The maximum absolute atomic E-state index is 5.31. The maximum atomic E-state index is 5.31. The molecule has 3 heterocycles. The molecule has 1 aliphatic heterocycles. The van der Waals surface area contributed by atoms with E-state index in [1.165, 1.54) is 18.4 Å². The molecule has 29 heavy (non-hydrogen) atoms. The number of thiazole rings is 1. The Morgan fingerprint density at radius 3 is 2.72 bits per heavy atom. The summed E-state index contributed by atoms with van der Waals surface area (Å²) in [6, 6.07) is 8.71. The molecule has 7 nitrogen and oxygen atoms in total. The van der Waals surface area contributed by atoms with Crippen LogP contribution in [0.1, 0.15) is 30.1 Å². The molecule has 1 fully saturated rings. The number of hydrogen-bond acceptors (Lipinski definition) is 5. The SMILES string of the molecule is CN=C(NCc1cn2ccsc2n1)NCC(c1ccc(OC)cc1)N1CCCC1. The number of hydrogen-bond donors (Lipinski definition) is 2. The van der Waals surface area contributed by atoms with Crippen molar-refractivity contribution in [3.8, 4) is 5.75 Å². The molecule has 1 atom stereocenters. The van der Waals surface area contributed by atoms with Crippen LogP contribution in [0, 0.1) is 0 Å². The fourth-order valence-electron chi connectivity index (χ4n) is 3.79. The molecule has 4 rings (SSSR count). The highest BCUT2D eigenvalue weighted by molar-refractivity contribution is 7.15. The maximum Gasteiger partial charge on any atom is 0.193 e. The van der Waals surface area contributed by atoms with Gasteiger partial charge in [-0.2, -0.15) is 0 Å². The number of guanidine groups is 1. The molecule has 8 heteroatoms. The Kier molecular flexibility index (Phi) is 6.31. The van der Waals surface area contributed by atoms with Crippen molar-refractivity contribution in [1.82, 2.24) is 24.9 Å². The lowest BCUT2D eigenvalue weighted by molar-refractivity contribution is 0.245. The van der Waals surface area contributed by atoms with Crippen LogP contribution < -0.4 is 15.4 Å². The van der Waals surface area contributed by atoms with Gasteiger partial charge in [0.25, 0.3) is 0 Å². The molecule has 154 valence electrons. The van der Waals surface area contributed by atoms with Crippen molar-refractivity contribution in [2.75, 3.05) is 33.8 Å². The van der Waals surface area contributed by atoms with Crippen LogP contribution in [0.15, 0.2) is 47.0 Å². The van der Waals surface area contributed by atoms with Crippen LogP contribution in [0.25, 0.3) is 4.96 Å². The van der Waals surface area contributed by atoms with Crippen molar-refractivity contribution in [3.05, 3.63) is 53.3 Å². The van der Waals surface area contributed by atoms with E-state index in [-0.39, 0.29) is 0 Å². The van der Waals surface area contributed by atoms with Crippen molar-refractivity contribution in [1.29, 1.82) is 0 Å². The smallest absolute Gasteiger partial charge is 0.193 e. The minimum absolute atomic E-state index is 0.305. The summed E-state index contributed by atoms with van der Waals surface area (Å²) in [6.07, 6.45) is 6.60. The molecule has 0 spiro atoms. The van der Waals surface area contributed by atoms with Gasteiger partial charge < -0.3 is 15.4 Å². The summed E-state index contributed by atoms with van der Waals surface area (Å²) in [7, 11) is 3.51. The van der Waals surface area contributed by atoms with Gasteiger partial charge in [-0.1, -0.05) is 12.1 Å². The lowest BCUT2D eigenvalue weighted by Crippen LogP contribution is -2.42. The molecule has 2 N–H and O–H groups in total. The molecule has 1 aliphatic rings. The number of nitrogens with one attached hydrogen (secondary N) is 2. The quantitative estimate of drug-likeness (QED) is 0.461. The minimum atomic E-state index is 0.305.